The zero-order valence-electron chi connectivity index (χ0n) is 13.9. The third kappa shape index (κ3) is 4.98. The molecular formula is C17H23NO4Se. The van der Waals surface area contributed by atoms with E-state index in [1.807, 2.05) is 39.0 Å². The molecule has 0 N–H and O–H groups in total. The minimum absolute atomic E-state index is 0.199. The van der Waals surface area contributed by atoms with Gasteiger partial charge in [-0.3, -0.25) is 0 Å². The van der Waals surface area contributed by atoms with Gasteiger partial charge >= 0.3 is 143 Å². The van der Waals surface area contributed by atoms with E-state index in [9.17, 15) is 9.59 Å². The molecule has 5 nitrogen and oxygen atoms in total. The Bertz CT molecular complexity index is 555. The number of carbonyl (C=O) groups excluding carboxylic acids is 2. The van der Waals surface area contributed by atoms with Crippen molar-refractivity contribution in [2.45, 2.75) is 43.7 Å². The summed E-state index contributed by atoms with van der Waals surface area (Å²) in [5.41, 5.74) is -0.583. The summed E-state index contributed by atoms with van der Waals surface area (Å²) in [4.78, 5) is 26.2. The molecule has 1 saturated heterocycles. The Morgan fingerprint density at radius 1 is 1.22 bits per heavy atom. The van der Waals surface area contributed by atoms with Crippen molar-refractivity contribution in [3.63, 3.8) is 0 Å². The van der Waals surface area contributed by atoms with Crippen LogP contribution in [0, 0.1) is 0 Å². The van der Waals surface area contributed by atoms with Crippen LogP contribution in [0.4, 0.5) is 4.79 Å². The van der Waals surface area contributed by atoms with Gasteiger partial charge in [0.1, 0.15) is 0 Å². The van der Waals surface area contributed by atoms with Gasteiger partial charge in [-0.25, -0.2) is 0 Å². The molecule has 6 heteroatoms. The molecule has 126 valence electrons. The molecule has 1 aromatic carbocycles. The standard InChI is InChI=1S/C17H23NO4Se/c1-17(2,3)22-16(20)18-11-13(10-14(18)15(19)21-4)23-12-8-6-5-7-9-12/h5-9,13-14H,10-11H2,1-4H3/t13-,14+/m1/s1. The first-order valence-corrected chi connectivity index (χ1v) is 9.44. The Labute approximate surface area is 143 Å². The number of hydrogen-bond donors (Lipinski definition) is 0. The number of carbonyl (C=O) groups is 2. The first-order valence-electron chi connectivity index (χ1n) is 7.59. The zero-order chi connectivity index (χ0) is 17.0. The van der Waals surface area contributed by atoms with E-state index in [4.69, 9.17) is 9.47 Å². The zero-order valence-corrected chi connectivity index (χ0v) is 15.7. The number of rotatable bonds is 3. The molecular weight excluding hydrogens is 361 g/mol. The molecule has 23 heavy (non-hydrogen) atoms. The maximum atomic E-state index is 12.4. The number of nitrogens with zero attached hydrogens (tertiary/aromatic N) is 1. The first-order chi connectivity index (χ1) is 10.8. The Kier molecular flexibility index (Phi) is 5.71. The molecule has 1 aliphatic heterocycles. The van der Waals surface area contributed by atoms with Gasteiger partial charge in [0.2, 0.25) is 0 Å². The SMILES string of the molecule is COC(=O)[C@@H]1C[C@@H]([Se]c2ccccc2)CN1C(=O)OC(C)(C)C. The number of hydrogen-bond acceptors (Lipinski definition) is 4. The van der Waals surface area contributed by atoms with Crippen molar-refractivity contribution in [1.82, 2.24) is 4.90 Å². The van der Waals surface area contributed by atoms with E-state index >= 15 is 0 Å². The van der Waals surface area contributed by atoms with Crippen LogP contribution in [0.15, 0.2) is 30.3 Å². The normalized spacial score (nSPS) is 21.1. The average molecular weight is 384 g/mol. The number of ether oxygens (including phenoxy) is 2. The van der Waals surface area contributed by atoms with Crippen molar-refractivity contribution in [2.24, 2.45) is 0 Å². The minimum atomic E-state index is -0.583. The van der Waals surface area contributed by atoms with E-state index in [0.29, 0.717) is 13.0 Å². The third-order valence-electron chi connectivity index (χ3n) is 3.41. The summed E-state index contributed by atoms with van der Waals surface area (Å²) in [5.74, 6) is -0.373. The Morgan fingerprint density at radius 3 is 2.43 bits per heavy atom. The summed E-state index contributed by atoms with van der Waals surface area (Å²) in [5, 5.41) is 0. The van der Waals surface area contributed by atoms with Crippen LogP contribution in [0.5, 0.6) is 0 Å². The predicted molar refractivity (Wildman–Crippen MR) is 88.9 cm³/mol. The van der Waals surface area contributed by atoms with Crippen LogP contribution >= 0.6 is 0 Å². The van der Waals surface area contributed by atoms with Crippen molar-refractivity contribution in [3.05, 3.63) is 30.3 Å². The fraction of sp³-hybridized carbons (Fsp3) is 0.529. The molecule has 0 radical (unpaired) electrons. The second kappa shape index (κ2) is 7.37. The summed E-state index contributed by atoms with van der Waals surface area (Å²) in [6, 6.07) is 9.63. The van der Waals surface area contributed by atoms with Crippen LogP contribution in [0.1, 0.15) is 27.2 Å². The van der Waals surface area contributed by atoms with Crippen LogP contribution in [0.3, 0.4) is 0 Å². The fourth-order valence-corrected chi connectivity index (χ4v) is 5.00. The van der Waals surface area contributed by atoms with Gasteiger partial charge in [-0.15, -0.1) is 0 Å². The molecule has 2 rings (SSSR count). The Hall–Kier alpha value is -1.52. The summed E-state index contributed by atoms with van der Waals surface area (Å²) < 4.78 is 11.6. The first kappa shape index (κ1) is 17.8. The van der Waals surface area contributed by atoms with Gasteiger partial charge < -0.3 is 0 Å². The van der Waals surface area contributed by atoms with Gasteiger partial charge in [0, 0.05) is 0 Å². The molecule has 1 aliphatic rings. The number of benzene rings is 1. The average Bonchev–Trinajstić information content (AvgIpc) is 2.90. The molecule has 0 aromatic heterocycles. The van der Waals surface area contributed by atoms with Gasteiger partial charge in [-0.05, 0) is 0 Å². The van der Waals surface area contributed by atoms with Crippen molar-refractivity contribution in [1.29, 1.82) is 0 Å². The van der Waals surface area contributed by atoms with Crippen LogP contribution < -0.4 is 4.46 Å². The summed E-state index contributed by atoms with van der Waals surface area (Å²) in [6.07, 6.45) is 0.181. The summed E-state index contributed by atoms with van der Waals surface area (Å²) >= 11 is 0.199. The van der Waals surface area contributed by atoms with Crippen molar-refractivity contribution >= 4 is 31.5 Å². The number of amides is 1. The van der Waals surface area contributed by atoms with Gasteiger partial charge in [0.05, 0.1) is 0 Å². The molecule has 1 amide bonds. The molecule has 1 aromatic rings. The van der Waals surface area contributed by atoms with Gasteiger partial charge in [-0.2, -0.15) is 0 Å². The van der Waals surface area contributed by atoms with E-state index in [0.717, 1.165) is 0 Å². The maximum absolute atomic E-state index is 12.4. The predicted octanol–water partition coefficient (Wildman–Crippen LogP) is 1.99. The van der Waals surface area contributed by atoms with E-state index < -0.39 is 17.7 Å². The van der Waals surface area contributed by atoms with Crippen LogP contribution in [0.25, 0.3) is 0 Å². The van der Waals surface area contributed by atoms with E-state index in [2.05, 4.69) is 12.1 Å². The topological polar surface area (TPSA) is 55.8 Å². The number of esters is 1. The van der Waals surface area contributed by atoms with Gasteiger partial charge in [0.25, 0.3) is 0 Å². The molecule has 0 unspecified atom stereocenters. The van der Waals surface area contributed by atoms with E-state index in [1.165, 1.54) is 16.5 Å². The molecule has 0 aliphatic carbocycles. The number of methoxy groups -OCH3 is 1. The molecule has 0 bridgehead atoms. The molecule has 2 atom stereocenters. The Morgan fingerprint density at radius 2 is 1.87 bits per heavy atom. The molecule has 0 saturated carbocycles. The summed E-state index contributed by atoms with van der Waals surface area (Å²) in [7, 11) is 1.35. The van der Waals surface area contributed by atoms with Gasteiger partial charge in [-0.1, -0.05) is 0 Å². The molecule has 1 heterocycles. The molecule has 1 fully saturated rings. The van der Waals surface area contributed by atoms with Crippen LogP contribution in [-0.2, 0) is 14.3 Å². The van der Waals surface area contributed by atoms with Gasteiger partial charge in [0.15, 0.2) is 0 Å². The molecule has 0 spiro atoms. The second-order valence-electron chi connectivity index (χ2n) is 6.46. The van der Waals surface area contributed by atoms with Crippen molar-refractivity contribution in [3.8, 4) is 0 Å². The number of likely N-dealkylation sites (tertiary alicyclic amines) is 1. The fourth-order valence-electron chi connectivity index (χ4n) is 2.46. The quantitative estimate of drug-likeness (QED) is 0.591. The van der Waals surface area contributed by atoms with Crippen LogP contribution in [-0.4, -0.2) is 57.2 Å². The monoisotopic (exact) mass is 385 g/mol. The van der Waals surface area contributed by atoms with Crippen LogP contribution in [0.2, 0.25) is 4.82 Å². The van der Waals surface area contributed by atoms with E-state index in [1.54, 1.807) is 0 Å². The third-order valence-corrected chi connectivity index (χ3v) is 5.97. The summed E-state index contributed by atoms with van der Waals surface area (Å²) in [6.45, 7) is 5.99. The van der Waals surface area contributed by atoms with Crippen molar-refractivity contribution < 1.29 is 19.1 Å². The van der Waals surface area contributed by atoms with E-state index in [-0.39, 0.29) is 25.7 Å². The second-order valence-corrected chi connectivity index (χ2v) is 9.34. The Balaban J connectivity index is 2.09. The van der Waals surface area contributed by atoms with Crippen molar-refractivity contribution in [2.75, 3.05) is 13.7 Å².